The molecule has 2 aromatic carbocycles. The van der Waals surface area contributed by atoms with Gasteiger partial charge in [-0.3, -0.25) is 4.90 Å². The fourth-order valence-electron chi connectivity index (χ4n) is 3.38. The first-order valence-electron chi connectivity index (χ1n) is 9.02. The van der Waals surface area contributed by atoms with Gasteiger partial charge in [0.25, 0.3) is 0 Å². The van der Waals surface area contributed by atoms with Crippen LogP contribution >= 0.6 is 0 Å². The van der Waals surface area contributed by atoms with E-state index < -0.39 is 0 Å². The molecule has 0 unspecified atom stereocenters. The molecule has 0 aliphatic carbocycles. The monoisotopic (exact) mass is 348 g/mol. The summed E-state index contributed by atoms with van der Waals surface area (Å²) in [5, 5.41) is 4.50. The van der Waals surface area contributed by atoms with Crippen LogP contribution in [-0.2, 0) is 6.54 Å². The molecule has 0 spiro atoms. The second-order valence-corrected chi connectivity index (χ2v) is 6.59. The van der Waals surface area contributed by atoms with E-state index in [1.165, 1.54) is 11.3 Å². The van der Waals surface area contributed by atoms with Crippen LogP contribution in [0.15, 0.2) is 67.0 Å². The molecule has 0 atom stereocenters. The Bertz CT molecular complexity index is 821. The number of anilines is 1. The van der Waals surface area contributed by atoms with Gasteiger partial charge in [-0.1, -0.05) is 18.2 Å². The lowest BCUT2D eigenvalue weighted by Gasteiger charge is -2.36. The first-order valence-corrected chi connectivity index (χ1v) is 9.02. The molecule has 1 saturated heterocycles. The largest absolute Gasteiger partial charge is 0.497 e. The fraction of sp³-hybridized carbons (Fsp3) is 0.286. The normalized spacial score (nSPS) is 15.2. The molecule has 1 fully saturated rings. The third-order valence-electron chi connectivity index (χ3n) is 4.87. The van der Waals surface area contributed by atoms with Crippen molar-refractivity contribution >= 4 is 5.69 Å². The third-order valence-corrected chi connectivity index (χ3v) is 4.87. The summed E-state index contributed by atoms with van der Waals surface area (Å²) < 4.78 is 7.19. The molecular formula is C21H24N4O. The predicted octanol–water partition coefficient (Wildman–Crippen LogP) is 3.20. The molecule has 0 N–H and O–H groups in total. The van der Waals surface area contributed by atoms with Gasteiger partial charge in [-0.25, -0.2) is 4.68 Å². The smallest absolute Gasteiger partial charge is 0.119 e. The molecule has 4 rings (SSSR count). The molecule has 134 valence electrons. The summed E-state index contributed by atoms with van der Waals surface area (Å²) in [4.78, 5) is 4.93. The zero-order valence-corrected chi connectivity index (χ0v) is 15.1. The Kier molecular flexibility index (Phi) is 4.88. The Hall–Kier alpha value is -2.79. The van der Waals surface area contributed by atoms with Gasteiger partial charge in [-0.2, -0.15) is 5.10 Å². The van der Waals surface area contributed by atoms with Gasteiger partial charge in [0.1, 0.15) is 5.75 Å². The summed E-state index contributed by atoms with van der Waals surface area (Å²) in [6.45, 7) is 5.15. The average molecular weight is 348 g/mol. The highest BCUT2D eigenvalue weighted by atomic mass is 16.5. The van der Waals surface area contributed by atoms with E-state index in [-0.39, 0.29) is 0 Å². The van der Waals surface area contributed by atoms with Gasteiger partial charge in [-0.15, -0.1) is 0 Å². The van der Waals surface area contributed by atoms with E-state index in [0.717, 1.165) is 44.2 Å². The molecule has 0 saturated carbocycles. The molecule has 2 heterocycles. The molecule has 1 aliphatic heterocycles. The summed E-state index contributed by atoms with van der Waals surface area (Å²) in [6, 6.07) is 18.6. The highest BCUT2D eigenvalue weighted by molar-refractivity contribution is 5.49. The zero-order chi connectivity index (χ0) is 17.8. The first kappa shape index (κ1) is 16.7. The minimum Gasteiger partial charge on any atom is -0.497 e. The van der Waals surface area contributed by atoms with E-state index in [1.54, 1.807) is 7.11 Å². The SMILES string of the molecule is COc1ccc(N2CCN(Cc3cnn(-c4ccccc4)c3)CC2)cc1. The Morgan fingerprint density at radius 3 is 2.31 bits per heavy atom. The number of ether oxygens (including phenoxy) is 1. The van der Waals surface area contributed by atoms with Crippen molar-refractivity contribution in [3.63, 3.8) is 0 Å². The minimum atomic E-state index is 0.905. The Morgan fingerprint density at radius 2 is 1.62 bits per heavy atom. The summed E-state index contributed by atoms with van der Waals surface area (Å²) in [6.07, 6.45) is 4.11. The molecule has 1 aromatic heterocycles. The lowest BCUT2D eigenvalue weighted by Crippen LogP contribution is -2.45. The predicted molar refractivity (Wildman–Crippen MR) is 104 cm³/mol. The van der Waals surface area contributed by atoms with Crippen LogP contribution in [-0.4, -0.2) is 48.0 Å². The van der Waals surface area contributed by atoms with Crippen LogP contribution < -0.4 is 9.64 Å². The van der Waals surface area contributed by atoms with Crippen LogP contribution in [0.3, 0.4) is 0 Å². The molecule has 0 radical (unpaired) electrons. The van der Waals surface area contributed by atoms with Gasteiger partial charge in [0.2, 0.25) is 0 Å². The van der Waals surface area contributed by atoms with Crippen LogP contribution in [0.4, 0.5) is 5.69 Å². The van der Waals surface area contributed by atoms with Crippen molar-refractivity contribution in [1.29, 1.82) is 0 Å². The molecule has 5 nitrogen and oxygen atoms in total. The van der Waals surface area contributed by atoms with Gasteiger partial charge in [0, 0.05) is 50.2 Å². The van der Waals surface area contributed by atoms with Crippen molar-refractivity contribution in [2.75, 3.05) is 38.2 Å². The van der Waals surface area contributed by atoms with E-state index in [0.29, 0.717) is 0 Å². The van der Waals surface area contributed by atoms with Gasteiger partial charge >= 0.3 is 0 Å². The maximum atomic E-state index is 5.24. The quantitative estimate of drug-likeness (QED) is 0.709. The molecule has 5 heteroatoms. The lowest BCUT2D eigenvalue weighted by molar-refractivity contribution is 0.250. The van der Waals surface area contributed by atoms with E-state index in [1.807, 2.05) is 41.2 Å². The highest BCUT2D eigenvalue weighted by Gasteiger charge is 2.18. The second-order valence-electron chi connectivity index (χ2n) is 6.59. The number of nitrogens with zero attached hydrogens (tertiary/aromatic N) is 4. The van der Waals surface area contributed by atoms with Gasteiger partial charge in [0.05, 0.1) is 19.0 Å². The van der Waals surface area contributed by atoms with Crippen molar-refractivity contribution in [3.05, 3.63) is 72.6 Å². The van der Waals surface area contributed by atoms with Crippen LogP contribution in [0.25, 0.3) is 5.69 Å². The van der Waals surface area contributed by atoms with Crippen LogP contribution in [0, 0.1) is 0 Å². The van der Waals surface area contributed by atoms with Crippen LogP contribution in [0.5, 0.6) is 5.75 Å². The summed E-state index contributed by atoms with van der Waals surface area (Å²) >= 11 is 0. The van der Waals surface area contributed by atoms with Crippen molar-refractivity contribution in [3.8, 4) is 11.4 Å². The molecule has 26 heavy (non-hydrogen) atoms. The molecule has 1 aliphatic rings. The lowest BCUT2D eigenvalue weighted by atomic mass is 10.2. The number of hydrogen-bond acceptors (Lipinski definition) is 4. The Labute approximate surface area is 154 Å². The minimum absolute atomic E-state index is 0.905. The number of benzene rings is 2. The van der Waals surface area contributed by atoms with E-state index in [4.69, 9.17) is 4.74 Å². The molecule has 0 amide bonds. The van der Waals surface area contributed by atoms with Crippen molar-refractivity contribution < 1.29 is 4.74 Å². The van der Waals surface area contributed by atoms with Gasteiger partial charge in [0.15, 0.2) is 0 Å². The first-order chi connectivity index (χ1) is 12.8. The maximum Gasteiger partial charge on any atom is 0.119 e. The summed E-state index contributed by atoms with van der Waals surface area (Å²) in [5.41, 5.74) is 3.62. The van der Waals surface area contributed by atoms with Crippen molar-refractivity contribution in [1.82, 2.24) is 14.7 Å². The fourth-order valence-corrected chi connectivity index (χ4v) is 3.38. The number of rotatable bonds is 5. The molecular weight excluding hydrogens is 324 g/mol. The number of hydrogen-bond donors (Lipinski definition) is 0. The third kappa shape index (κ3) is 3.73. The maximum absolute atomic E-state index is 5.24. The Morgan fingerprint density at radius 1 is 0.885 bits per heavy atom. The van der Waals surface area contributed by atoms with Crippen LogP contribution in [0.1, 0.15) is 5.56 Å². The molecule has 3 aromatic rings. The standard InChI is InChI=1S/C21H24N4O/c1-26-21-9-7-19(8-10-21)24-13-11-23(12-14-24)16-18-15-22-25(17-18)20-5-3-2-4-6-20/h2-10,15,17H,11-14,16H2,1H3. The summed E-state index contributed by atoms with van der Waals surface area (Å²) in [7, 11) is 1.70. The zero-order valence-electron chi connectivity index (χ0n) is 15.1. The van der Waals surface area contributed by atoms with E-state index in [2.05, 4.69) is 45.4 Å². The second kappa shape index (κ2) is 7.62. The van der Waals surface area contributed by atoms with Gasteiger partial charge < -0.3 is 9.64 Å². The Balaban J connectivity index is 1.33. The van der Waals surface area contributed by atoms with E-state index in [9.17, 15) is 0 Å². The van der Waals surface area contributed by atoms with Gasteiger partial charge in [-0.05, 0) is 36.4 Å². The van der Waals surface area contributed by atoms with Crippen molar-refractivity contribution in [2.45, 2.75) is 6.54 Å². The average Bonchev–Trinajstić information content (AvgIpc) is 3.18. The van der Waals surface area contributed by atoms with Crippen molar-refractivity contribution in [2.24, 2.45) is 0 Å². The summed E-state index contributed by atoms with van der Waals surface area (Å²) in [5.74, 6) is 0.905. The van der Waals surface area contributed by atoms with Crippen LogP contribution in [0.2, 0.25) is 0 Å². The number of methoxy groups -OCH3 is 1. The number of aromatic nitrogens is 2. The number of piperazine rings is 1. The van der Waals surface area contributed by atoms with E-state index >= 15 is 0 Å². The topological polar surface area (TPSA) is 33.5 Å². The molecule has 0 bridgehead atoms. The number of para-hydroxylation sites is 1. The highest BCUT2D eigenvalue weighted by Crippen LogP contribution is 2.21.